The molecule has 0 radical (unpaired) electrons. The lowest BCUT2D eigenvalue weighted by Crippen LogP contribution is -2.61. The molecule has 0 unspecified atom stereocenters. The highest BCUT2D eigenvalue weighted by atomic mass is 19.1. The normalized spacial score (nSPS) is 39.8. The number of benzene rings is 1. The number of aliphatic carboxylic acids is 1. The third-order valence-electron chi connectivity index (χ3n) is 6.98. The second kappa shape index (κ2) is 5.30. The fourth-order valence-electron chi connectivity index (χ4n) is 6.33. The van der Waals surface area contributed by atoms with E-state index < -0.39 is 11.4 Å². The average molecular weight is 331 g/mol. The summed E-state index contributed by atoms with van der Waals surface area (Å²) < 4.78 is 13.4. The van der Waals surface area contributed by atoms with Crippen LogP contribution in [-0.2, 0) is 15.0 Å². The monoisotopic (exact) mass is 331 g/mol. The fourth-order valence-corrected chi connectivity index (χ4v) is 6.33. The van der Waals surface area contributed by atoms with E-state index >= 15 is 0 Å². The standard InChI is InChI=1S/C19H22FNO3/c20-15-3-1-12(2-4-15)19(9-16(22)23)13-5-10-6-14(19)8-11(7-13)17(10)18(21)24/h1-4,10-11,13-14,17H,5-9H2,(H2,21,24)(H,22,23). The van der Waals surface area contributed by atoms with E-state index in [-0.39, 0.29) is 47.7 Å². The van der Waals surface area contributed by atoms with E-state index in [2.05, 4.69) is 0 Å². The van der Waals surface area contributed by atoms with Crippen molar-refractivity contribution >= 4 is 11.9 Å². The maximum Gasteiger partial charge on any atom is 0.304 e. The van der Waals surface area contributed by atoms with Crippen molar-refractivity contribution in [3.63, 3.8) is 0 Å². The van der Waals surface area contributed by atoms with E-state index in [0.29, 0.717) is 0 Å². The second-order valence-electron chi connectivity index (χ2n) is 7.90. The molecule has 0 atom stereocenters. The highest BCUT2D eigenvalue weighted by molar-refractivity contribution is 5.78. The number of hydrogen-bond donors (Lipinski definition) is 2. The summed E-state index contributed by atoms with van der Waals surface area (Å²) in [6, 6.07) is 6.37. The van der Waals surface area contributed by atoms with Crippen LogP contribution in [-0.4, -0.2) is 17.0 Å². The second-order valence-corrected chi connectivity index (χ2v) is 7.90. The zero-order valence-electron chi connectivity index (χ0n) is 13.5. The van der Waals surface area contributed by atoms with Gasteiger partial charge in [0.15, 0.2) is 0 Å². The molecule has 24 heavy (non-hydrogen) atoms. The van der Waals surface area contributed by atoms with E-state index in [1.165, 1.54) is 12.1 Å². The van der Waals surface area contributed by atoms with Gasteiger partial charge in [-0.15, -0.1) is 0 Å². The molecule has 1 aromatic carbocycles. The summed E-state index contributed by atoms with van der Waals surface area (Å²) in [6.07, 6.45) is 3.49. The fraction of sp³-hybridized carbons (Fsp3) is 0.579. The van der Waals surface area contributed by atoms with E-state index in [0.717, 1.165) is 31.2 Å². The summed E-state index contributed by atoms with van der Waals surface area (Å²) >= 11 is 0. The Bertz CT molecular complexity index is 654. The van der Waals surface area contributed by atoms with Gasteiger partial charge in [-0.05, 0) is 67.1 Å². The minimum atomic E-state index is -0.807. The van der Waals surface area contributed by atoms with Crippen molar-refractivity contribution in [2.45, 2.75) is 37.5 Å². The van der Waals surface area contributed by atoms with Crippen LogP contribution in [0.4, 0.5) is 4.39 Å². The lowest BCUT2D eigenvalue weighted by molar-refractivity contribution is -0.154. The Morgan fingerprint density at radius 2 is 1.58 bits per heavy atom. The summed E-state index contributed by atoms with van der Waals surface area (Å²) in [5.41, 5.74) is 6.12. The van der Waals surface area contributed by atoms with Gasteiger partial charge in [0.1, 0.15) is 5.82 Å². The van der Waals surface area contributed by atoms with E-state index in [9.17, 15) is 19.1 Å². The molecule has 0 aromatic heterocycles. The third kappa shape index (κ3) is 2.10. The highest BCUT2D eigenvalue weighted by Crippen LogP contribution is 2.65. The number of amides is 1. The zero-order valence-corrected chi connectivity index (χ0v) is 13.5. The number of carbonyl (C=O) groups is 2. The molecule has 5 rings (SSSR count). The molecule has 0 spiro atoms. The SMILES string of the molecule is NC(=O)C1C2CC3CC1CC(C2)C3(CC(=O)O)c1ccc(F)cc1. The van der Waals surface area contributed by atoms with Gasteiger partial charge < -0.3 is 10.8 Å². The Kier molecular flexibility index (Phi) is 3.44. The molecule has 4 nitrogen and oxygen atoms in total. The molecule has 4 aliphatic rings. The quantitative estimate of drug-likeness (QED) is 0.890. The molecule has 0 saturated heterocycles. The minimum Gasteiger partial charge on any atom is -0.481 e. The van der Waals surface area contributed by atoms with Gasteiger partial charge in [-0.1, -0.05) is 12.1 Å². The summed E-state index contributed by atoms with van der Waals surface area (Å²) in [5.74, 6) is -0.322. The van der Waals surface area contributed by atoms with Crippen molar-refractivity contribution in [3.8, 4) is 0 Å². The van der Waals surface area contributed by atoms with Crippen molar-refractivity contribution in [2.75, 3.05) is 0 Å². The van der Waals surface area contributed by atoms with Crippen molar-refractivity contribution in [1.82, 2.24) is 0 Å². The zero-order chi connectivity index (χ0) is 17.1. The van der Waals surface area contributed by atoms with E-state index in [4.69, 9.17) is 5.73 Å². The molecule has 5 heteroatoms. The molecule has 1 amide bonds. The molecule has 4 saturated carbocycles. The molecular formula is C19H22FNO3. The number of carboxylic acids is 1. The van der Waals surface area contributed by atoms with Gasteiger partial charge in [-0.25, -0.2) is 4.39 Å². The molecular weight excluding hydrogens is 309 g/mol. The lowest BCUT2D eigenvalue weighted by Gasteiger charge is -2.63. The third-order valence-corrected chi connectivity index (χ3v) is 6.98. The van der Waals surface area contributed by atoms with Gasteiger partial charge in [-0.3, -0.25) is 9.59 Å². The first kappa shape index (κ1) is 15.6. The van der Waals surface area contributed by atoms with Crippen LogP contribution in [0.3, 0.4) is 0 Å². The topological polar surface area (TPSA) is 80.4 Å². The van der Waals surface area contributed by atoms with Gasteiger partial charge in [0.05, 0.1) is 6.42 Å². The summed E-state index contributed by atoms with van der Waals surface area (Å²) in [6.45, 7) is 0. The number of halogens is 1. The van der Waals surface area contributed by atoms with Crippen molar-refractivity contribution in [1.29, 1.82) is 0 Å². The molecule has 0 heterocycles. The van der Waals surface area contributed by atoms with Crippen LogP contribution < -0.4 is 5.73 Å². The molecule has 128 valence electrons. The average Bonchev–Trinajstić information content (AvgIpc) is 2.50. The number of rotatable bonds is 4. The number of carboxylic acid groups (broad SMARTS) is 1. The highest BCUT2D eigenvalue weighted by Gasteiger charge is 2.62. The van der Waals surface area contributed by atoms with Crippen molar-refractivity contribution in [2.24, 2.45) is 35.3 Å². The van der Waals surface area contributed by atoms with Crippen molar-refractivity contribution < 1.29 is 19.1 Å². The van der Waals surface area contributed by atoms with Gasteiger partial charge in [-0.2, -0.15) is 0 Å². The first-order chi connectivity index (χ1) is 11.4. The Morgan fingerprint density at radius 1 is 1.08 bits per heavy atom. The van der Waals surface area contributed by atoms with Crippen LogP contribution in [0.5, 0.6) is 0 Å². The first-order valence-corrected chi connectivity index (χ1v) is 8.69. The van der Waals surface area contributed by atoms with Crippen LogP contribution in [0.15, 0.2) is 24.3 Å². The Labute approximate surface area is 140 Å². The number of hydrogen-bond acceptors (Lipinski definition) is 2. The Balaban J connectivity index is 1.76. The molecule has 4 bridgehead atoms. The Morgan fingerprint density at radius 3 is 2.00 bits per heavy atom. The molecule has 4 fully saturated rings. The number of carbonyl (C=O) groups excluding carboxylic acids is 1. The summed E-state index contributed by atoms with van der Waals surface area (Å²) in [7, 11) is 0. The molecule has 0 aliphatic heterocycles. The number of nitrogens with two attached hydrogens (primary N) is 1. The largest absolute Gasteiger partial charge is 0.481 e. The van der Waals surface area contributed by atoms with Crippen LogP contribution in [0.2, 0.25) is 0 Å². The van der Waals surface area contributed by atoms with Crippen LogP contribution in [0, 0.1) is 35.4 Å². The summed E-state index contributed by atoms with van der Waals surface area (Å²) in [4.78, 5) is 23.5. The predicted octanol–water partition coefficient (Wildman–Crippen LogP) is 2.71. The smallest absolute Gasteiger partial charge is 0.304 e. The van der Waals surface area contributed by atoms with Crippen LogP contribution in [0.25, 0.3) is 0 Å². The maximum absolute atomic E-state index is 13.4. The molecule has 4 aliphatic carbocycles. The number of primary amides is 1. The predicted molar refractivity (Wildman–Crippen MR) is 85.4 cm³/mol. The lowest BCUT2D eigenvalue weighted by atomic mass is 9.40. The molecule has 1 aromatic rings. The van der Waals surface area contributed by atoms with Crippen LogP contribution >= 0.6 is 0 Å². The van der Waals surface area contributed by atoms with Crippen molar-refractivity contribution in [3.05, 3.63) is 35.6 Å². The summed E-state index contributed by atoms with van der Waals surface area (Å²) in [5, 5.41) is 9.57. The van der Waals surface area contributed by atoms with Crippen LogP contribution in [0.1, 0.15) is 37.7 Å². The van der Waals surface area contributed by atoms with E-state index in [1.54, 1.807) is 12.1 Å². The maximum atomic E-state index is 13.4. The van der Waals surface area contributed by atoms with E-state index in [1.807, 2.05) is 0 Å². The minimum absolute atomic E-state index is 0.0476. The molecule has 3 N–H and O–H groups in total. The van der Waals surface area contributed by atoms with Gasteiger partial charge in [0.25, 0.3) is 0 Å². The van der Waals surface area contributed by atoms with Gasteiger partial charge in [0.2, 0.25) is 5.91 Å². The van der Waals surface area contributed by atoms with Gasteiger partial charge in [0, 0.05) is 11.3 Å². The van der Waals surface area contributed by atoms with Gasteiger partial charge >= 0.3 is 5.97 Å². The Hall–Kier alpha value is -1.91. The first-order valence-electron chi connectivity index (χ1n) is 8.69.